The first kappa shape index (κ1) is 7.08. The Morgan fingerprint density at radius 2 is 2.46 bits per heavy atom. The highest BCUT2D eigenvalue weighted by molar-refractivity contribution is 7.99. The molecule has 2 aromatic heterocycles. The molecule has 3 heterocycles. The topological polar surface area (TPSA) is 58.6 Å². The van der Waals surface area contributed by atoms with Crippen LogP contribution in [0.2, 0.25) is 0 Å². The second-order valence-corrected chi connectivity index (χ2v) is 3.78. The van der Waals surface area contributed by atoms with Crippen LogP contribution in [-0.4, -0.2) is 15.0 Å². The predicted molar refractivity (Wildman–Crippen MR) is 49.7 cm³/mol. The van der Waals surface area contributed by atoms with Crippen molar-refractivity contribution < 1.29 is 0 Å². The van der Waals surface area contributed by atoms with Crippen LogP contribution in [-0.2, 0) is 5.75 Å². The van der Waals surface area contributed by atoms with Gasteiger partial charge in [0.1, 0.15) is 5.03 Å². The lowest BCUT2D eigenvalue weighted by molar-refractivity contribution is 1.05. The van der Waals surface area contributed by atoms with E-state index in [-0.39, 0.29) is 5.69 Å². The van der Waals surface area contributed by atoms with E-state index in [2.05, 4.69) is 15.0 Å². The monoisotopic (exact) mass is 191 g/mol. The number of nitrogens with zero attached hydrogens (tertiary/aromatic N) is 2. The summed E-state index contributed by atoms with van der Waals surface area (Å²) >= 11 is 1.63. The number of H-pyrrole nitrogens is 1. The number of thioether (sulfide) groups is 1. The third-order valence-corrected chi connectivity index (χ3v) is 3.05. The average molecular weight is 191 g/mol. The van der Waals surface area contributed by atoms with E-state index in [1.807, 2.05) is 0 Å². The van der Waals surface area contributed by atoms with E-state index in [1.54, 1.807) is 24.0 Å². The predicted octanol–water partition coefficient (Wildman–Crippen LogP) is 0.924. The number of pyridine rings is 1. The highest BCUT2D eigenvalue weighted by Crippen LogP contribution is 2.35. The molecule has 0 saturated heterocycles. The molecule has 0 saturated carbocycles. The Kier molecular flexibility index (Phi) is 1.26. The van der Waals surface area contributed by atoms with Gasteiger partial charge in [-0.2, -0.15) is 4.98 Å². The van der Waals surface area contributed by atoms with Gasteiger partial charge in [-0.05, 0) is 6.07 Å². The van der Waals surface area contributed by atoms with E-state index in [1.165, 1.54) is 0 Å². The highest BCUT2D eigenvalue weighted by atomic mass is 32.2. The largest absolute Gasteiger partial charge is 0.345 e. The smallest absolute Gasteiger partial charge is 0.308 e. The van der Waals surface area contributed by atoms with E-state index in [0.29, 0.717) is 0 Å². The number of hydrogen-bond acceptors (Lipinski definition) is 4. The zero-order valence-corrected chi connectivity index (χ0v) is 7.39. The van der Waals surface area contributed by atoms with Gasteiger partial charge >= 0.3 is 5.69 Å². The molecule has 2 aromatic rings. The summed E-state index contributed by atoms with van der Waals surface area (Å²) in [4.78, 5) is 21.9. The minimum absolute atomic E-state index is 0.276. The minimum Gasteiger partial charge on any atom is -0.308 e. The summed E-state index contributed by atoms with van der Waals surface area (Å²) in [6.07, 6.45) is 1.69. The lowest BCUT2D eigenvalue weighted by Crippen LogP contribution is -2.11. The van der Waals surface area contributed by atoms with Crippen LogP contribution >= 0.6 is 11.8 Å². The maximum absolute atomic E-state index is 11.1. The molecule has 0 unspecified atom stereocenters. The van der Waals surface area contributed by atoms with Crippen molar-refractivity contribution in [3.05, 3.63) is 28.4 Å². The Morgan fingerprint density at radius 3 is 3.38 bits per heavy atom. The van der Waals surface area contributed by atoms with Crippen LogP contribution in [0.1, 0.15) is 5.69 Å². The number of rotatable bonds is 0. The van der Waals surface area contributed by atoms with Gasteiger partial charge in [0.15, 0.2) is 0 Å². The first-order valence-electron chi connectivity index (χ1n) is 3.85. The maximum atomic E-state index is 11.1. The van der Waals surface area contributed by atoms with Crippen LogP contribution in [0.15, 0.2) is 22.1 Å². The van der Waals surface area contributed by atoms with Crippen LogP contribution in [0, 0.1) is 0 Å². The summed E-state index contributed by atoms with van der Waals surface area (Å²) in [7, 11) is 0. The van der Waals surface area contributed by atoms with Gasteiger partial charge in [0, 0.05) is 17.6 Å². The van der Waals surface area contributed by atoms with Crippen LogP contribution in [0.4, 0.5) is 0 Å². The molecule has 1 aliphatic rings. The first-order valence-corrected chi connectivity index (χ1v) is 4.84. The van der Waals surface area contributed by atoms with Crippen molar-refractivity contribution in [1.29, 1.82) is 0 Å². The summed E-state index contributed by atoms with van der Waals surface area (Å²) < 4.78 is 0. The zero-order chi connectivity index (χ0) is 8.84. The van der Waals surface area contributed by atoms with E-state index >= 15 is 0 Å². The second-order valence-electron chi connectivity index (χ2n) is 2.82. The molecule has 5 heteroatoms. The number of aromatic amines is 1. The molecule has 0 atom stereocenters. The fraction of sp³-hybridized carbons (Fsp3) is 0.125. The maximum Gasteiger partial charge on any atom is 0.345 e. The molecule has 1 N–H and O–H groups in total. The van der Waals surface area contributed by atoms with Gasteiger partial charge in [-0.25, -0.2) is 9.78 Å². The minimum atomic E-state index is -0.276. The molecular weight excluding hydrogens is 186 g/mol. The Morgan fingerprint density at radius 1 is 1.54 bits per heavy atom. The molecule has 0 aliphatic carbocycles. The van der Waals surface area contributed by atoms with Gasteiger partial charge < -0.3 is 4.98 Å². The summed E-state index contributed by atoms with van der Waals surface area (Å²) in [6, 6.07) is 1.77. The van der Waals surface area contributed by atoms with Gasteiger partial charge in [0.2, 0.25) is 0 Å². The fourth-order valence-electron chi connectivity index (χ4n) is 1.50. The normalized spacial score (nSPS) is 13.8. The van der Waals surface area contributed by atoms with Crippen molar-refractivity contribution >= 4 is 22.7 Å². The molecule has 0 amide bonds. The summed E-state index contributed by atoms with van der Waals surface area (Å²) in [5.41, 5.74) is 1.42. The van der Waals surface area contributed by atoms with Crippen molar-refractivity contribution in [2.75, 3.05) is 0 Å². The molecule has 1 aliphatic heterocycles. The Labute approximate surface area is 77.4 Å². The first-order chi connectivity index (χ1) is 6.34. The molecule has 0 spiro atoms. The second kappa shape index (κ2) is 2.32. The lowest BCUT2D eigenvalue weighted by atomic mass is 10.2. The standard InChI is InChI=1S/C8H5N3OS/c12-8-10-4-1-2-9-7-6(4)5(11-8)3-13-7/h1-2H,3H2,(H,10,11,12). The van der Waals surface area contributed by atoms with E-state index in [4.69, 9.17) is 0 Å². The van der Waals surface area contributed by atoms with E-state index < -0.39 is 0 Å². The third-order valence-electron chi connectivity index (χ3n) is 2.03. The molecule has 0 aromatic carbocycles. The van der Waals surface area contributed by atoms with Crippen molar-refractivity contribution in [2.45, 2.75) is 10.8 Å². The van der Waals surface area contributed by atoms with Gasteiger partial charge in [0.25, 0.3) is 0 Å². The summed E-state index contributed by atoms with van der Waals surface area (Å²) in [6.45, 7) is 0. The summed E-state index contributed by atoms with van der Waals surface area (Å²) in [5.74, 6) is 0.792. The highest BCUT2D eigenvalue weighted by Gasteiger charge is 2.17. The van der Waals surface area contributed by atoms with E-state index in [0.717, 1.165) is 27.4 Å². The third kappa shape index (κ3) is 0.904. The van der Waals surface area contributed by atoms with Crippen molar-refractivity contribution in [3.63, 3.8) is 0 Å². The van der Waals surface area contributed by atoms with Crippen molar-refractivity contribution in [3.8, 4) is 0 Å². The molecule has 0 fully saturated rings. The zero-order valence-electron chi connectivity index (χ0n) is 6.57. The van der Waals surface area contributed by atoms with Crippen molar-refractivity contribution in [1.82, 2.24) is 15.0 Å². The van der Waals surface area contributed by atoms with Gasteiger partial charge in [0.05, 0.1) is 10.9 Å². The quantitative estimate of drug-likeness (QED) is 0.672. The van der Waals surface area contributed by atoms with Crippen LogP contribution in [0.25, 0.3) is 10.9 Å². The Balaban J connectivity index is 2.61. The van der Waals surface area contributed by atoms with Crippen LogP contribution < -0.4 is 5.69 Å². The van der Waals surface area contributed by atoms with Gasteiger partial charge in [-0.15, -0.1) is 0 Å². The molecule has 0 radical (unpaired) electrons. The fourth-order valence-corrected chi connectivity index (χ4v) is 2.50. The Bertz CT molecular complexity index is 549. The molecule has 4 nitrogen and oxygen atoms in total. The molecule has 64 valence electrons. The van der Waals surface area contributed by atoms with Crippen LogP contribution in [0.5, 0.6) is 0 Å². The van der Waals surface area contributed by atoms with Gasteiger partial charge in [-0.3, -0.25) is 0 Å². The average Bonchev–Trinajstić information content (AvgIpc) is 2.50. The molecular formula is C8H5N3OS. The SMILES string of the molecule is O=c1nc2ccnc3c2c([nH]1)CS3. The van der Waals surface area contributed by atoms with Gasteiger partial charge in [-0.1, -0.05) is 11.8 Å². The number of aromatic nitrogens is 3. The van der Waals surface area contributed by atoms with E-state index in [9.17, 15) is 4.79 Å². The number of hydrogen-bond donors (Lipinski definition) is 1. The number of nitrogens with one attached hydrogen (secondary N) is 1. The Hall–Kier alpha value is -1.36. The lowest BCUT2D eigenvalue weighted by Gasteiger charge is -1.96. The molecule has 0 bridgehead atoms. The molecule has 13 heavy (non-hydrogen) atoms. The summed E-state index contributed by atoms with van der Waals surface area (Å²) in [5, 5.41) is 1.98. The van der Waals surface area contributed by atoms with Crippen LogP contribution in [0.3, 0.4) is 0 Å². The molecule has 3 rings (SSSR count). The van der Waals surface area contributed by atoms with Crippen molar-refractivity contribution in [2.24, 2.45) is 0 Å².